The fourth-order valence-corrected chi connectivity index (χ4v) is 4.66. The summed E-state index contributed by atoms with van der Waals surface area (Å²) < 4.78 is 6.05. The Kier molecular flexibility index (Phi) is 3.68. The average molecular weight is 257 g/mol. The van der Waals surface area contributed by atoms with Crippen molar-refractivity contribution >= 4 is 11.6 Å². The minimum Gasteiger partial charge on any atom is -0.375 e. The number of hydrogen-bond acceptors (Lipinski definition) is 1. The molecule has 17 heavy (non-hydrogen) atoms. The minimum atomic E-state index is 0.297. The van der Waals surface area contributed by atoms with Crippen LogP contribution in [-0.2, 0) is 4.74 Å². The summed E-state index contributed by atoms with van der Waals surface area (Å²) in [6.07, 6.45) is 13.3. The van der Waals surface area contributed by atoms with Gasteiger partial charge in [-0.3, -0.25) is 0 Å². The standard InChI is InChI=1S/C15H25ClO/c16-14-6-3-1-2-5-13(14)12-7-10-17-15(11-12)8-4-9-15/h12-14H,1-11H2. The van der Waals surface area contributed by atoms with Crippen LogP contribution in [0.15, 0.2) is 0 Å². The molecular weight excluding hydrogens is 232 g/mol. The normalized spacial score (nSPS) is 41.8. The molecule has 3 fully saturated rings. The lowest BCUT2D eigenvalue weighted by Crippen LogP contribution is -2.47. The van der Waals surface area contributed by atoms with E-state index < -0.39 is 0 Å². The van der Waals surface area contributed by atoms with E-state index in [9.17, 15) is 0 Å². The summed E-state index contributed by atoms with van der Waals surface area (Å²) in [6.45, 7) is 0.991. The van der Waals surface area contributed by atoms with E-state index in [1.807, 2.05) is 0 Å². The molecule has 0 N–H and O–H groups in total. The van der Waals surface area contributed by atoms with E-state index in [2.05, 4.69) is 0 Å². The quantitative estimate of drug-likeness (QED) is 0.495. The Hall–Kier alpha value is 0.250. The van der Waals surface area contributed by atoms with Crippen LogP contribution in [-0.4, -0.2) is 17.6 Å². The predicted molar refractivity (Wildman–Crippen MR) is 71.5 cm³/mol. The van der Waals surface area contributed by atoms with Gasteiger partial charge in [0.1, 0.15) is 0 Å². The van der Waals surface area contributed by atoms with E-state index in [1.165, 1.54) is 64.2 Å². The summed E-state index contributed by atoms with van der Waals surface area (Å²) in [4.78, 5) is 0. The molecule has 3 aliphatic rings. The Morgan fingerprint density at radius 1 is 0.941 bits per heavy atom. The maximum absolute atomic E-state index is 6.63. The van der Waals surface area contributed by atoms with Crippen molar-refractivity contribution in [1.29, 1.82) is 0 Å². The lowest BCUT2D eigenvalue weighted by molar-refractivity contribution is -0.150. The highest BCUT2D eigenvalue weighted by Crippen LogP contribution is 2.48. The fourth-order valence-electron chi connectivity index (χ4n) is 4.17. The van der Waals surface area contributed by atoms with E-state index in [4.69, 9.17) is 16.3 Å². The molecule has 1 saturated heterocycles. The smallest absolute Gasteiger partial charge is 0.0685 e. The fraction of sp³-hybridized carbons (Fsp3) is 1.00. The third-order valence-corrected chi connectivity index (χ3v) is 5.93. The molecule has 0 amide bonds. The van der Waals surface area contributed by atoms with Gasteiger partial charge in [0.05, 0.1) is 5.60 Å². The van der Waals surface area contributed by atoms with E-state index in [-0.39, 0.29) is 0 Å². The van der Waals surface area contributed by atoms with Gasteiger partial charge < -0.3 is 4.74 Å². The van der Waals surface area contributed by atoms with Crippen molar-refractivity contribution in [3.8, 4) is 0 Å². The number of rotatable bonds is 1. The molecule has 0 aromatic carbocycles. The van der Waals surface area contributed by atoms with Gasteiger partial charge in [-0.15, -0.1) is 11.6 Å². The second kappa shape index (κ2) is 5.09. The van der Waals surface area contributed by atoms with Crippen LogP contribution in [0.1, 0.15) is 64.2 Å². The third-order valence-electron chi connectivity index (χ3n) is 5.38. The van der Waals surface area contributed by atoms with Gasteiger partial charge in [-0.05, 0) is 56.8 Å². The van der Waals surface area contributed by atoms with Gasteiger partial charge in [0, 0.05) is 12.0 Å². The van der Waals surface area contributed by atoms with Gasteiger partial charge in [-0.25, -0.2) is 0 Å². The van der Waals surface area contributed by atoms with Crippen molar-refractivity contribution in [2.45, 2.75) is 75.2 Å². The molecule has 3 atom stereocenters. The first kappa shape index (κ1) is 12.3. The molecule has 0 radical (unpaired) electrons. The zero-order valence-electron chi connectivity index (χ0n) is 10.8. The molecule has 98 valence electrons. The van der Waals surface area contributed by atoms with Crippen LogP contribution in [0.4, 0.5) is 0 Å². The lowest BCUT2D eigenvalue weighted by atomic mass is 9.68. The topological polar surface area (TPSA) is 9.23 Å². The van der Waals surface area contributed by atoms with Crippen LogP contribution < -0.4 is 0 Å². The highest BCUT2D eigenvalue weighted by atomic mass is 35.5. The Morgan fingerprint density at radius 2 is 1.76 bits per heavy atom. The maximum Gasteiger partial charge on any atom is 0.0685 e. The Labute approximate surface area is 110 Å². The number of halogens is 1. The van der Waals surface area contributed by atoms with Gasteiger partial charge in [0.15, 0.2) is 0 Å². The molecule has 0 aromatic heterocycles. The highest BCUT2D eigenvalue weighted by molar-refractivity contribution is 6.20. The monoisotopic (exact) mass is 256 g/mol. The van der Waals surface area contributed by atoms with Crippen molar-refractivity contribution in [2.24, 2.45) is 11.8 Å². The first-order chi connectivity index (χ1) is 8.29. The summed E-state index contributed by atoms with van der Waals surface area (Å²) >= 11 is 6.63. The van der Waals surface area contributed by atoms with Crippen molar-refractivity contribution in [3.63, 3.8) is 0 Å². The van der Waals surface area contributed by atoms with Crippen molar-refractivity contribution in [3.05, 3.63) is 0 Å². The largest absolute Gasteiger partial charge is 0.375 e. The van der Waals surface area contributed by atoms with Gasteiger partial charge in [0.2, 0.25) is 0 Å². The van der Waals surface area contributed by atoms with Crippen molar-refractivity contribution < 1.29 is 4.74 Å². The van der Waals surface area contributed by atoms with Gasteiger partial charge in [0.25, 0.3) is 0 Å². The maximum atomic E-state index is 6.63. The minimum absolute atomic E-state index is 0.297. The molecule has 1 aliphatic heterocycles. The molecule has 0 bridgehead atoms. The Balaban J connectivity index is 1.65. The summed E-state index contributed by atoms with van der Waals surface area (Å²) in [5, 5.41) is 0.442. The number of hydrogen-bond donors (Lipinski definition) is 0. The molecule has 0 aromatic rings. The summed E-state index contributed by atoms with van der Waals surface area (Å²) in [5.74, 6) is 1.63. The zero-order valence-corrected chi connectivity index (χ0v) is 11.6. The van der Waals surface area contributed by atoms with Crippen LogP contribution >= 0.6 is 11.6 Å². The number of alkyl halides is 1. The third kappa shape index (κ3) is 2.51. The molecule has 2 saturated carbocycles. The van der Waals surface area contributed by atoms with Crippen molar-refractivity contribution in [1.82, 2.24) is 0 Å². The van der Waals surface area contributed by atoms with E-state index >= 15 is 0 Å². The molecule has 2 heteroatoms. The van der Waals surface area contributed by atoms with E-state index in [0.717, 1.165) is 18.4 Å². The number of ether oxygens (including phenoxy) is 1. The second-order valence-electron chi connectivity index (χ2n) is 6.46. The van der Waals surface area contributed by atoms with Crippen LogP contribution in [0.2, 0.25) is 0 Å². The van der Waals surface area contributed by atoms with Crippen LogP contribution in [0.3, 0.4) is 0 Å². The summed E-state index contributed by atoms with van der Waals surface area (Å²) in [6, 6.07) is 0. The van der Waals surface area contributed by atoms with Crippen LogP contribution in [0, 0.1) is 11.8 Å². The Morgan fingerprint density at radius 3 is 2.53 bits per heavy atom. The van der Waals surface area contributed by atoms with Gasteiger partial charge >= 0.3 is 0 Å². The molecule has 1 nitrogen and oxygen atoms in total. The molecule has 3 unspecified atom stereocenters. The highest BCUT2D eigenvalue weighted by Gasteiger charge is 2.45. The lowest BCUT2D eigenvalue weighted by Gasteiger charge is -2.49. The second-order valence-corrected chi connectivity index (χ2v) is 7.02. The van der Waals surface area contributed by atoms with Crippen LogP contribution in [0.5, 0.6) is 0 Å². The zero-order chi connectivity index (χ0) is 11.7. The molecule has 3 rings (SSSR count). The first-order valence-corrected chi connectivity index (χ1v) is 8.01. The van der Waals surface area contributed by atoms with Crippen molar-refractivity contribution in [2.75, 3.05) is 6.61 Å². The van der Waals surface area contributed by atoms with E-state index in [1.54, 1.807) is 0 Å². The first-order valence-electron chi connectivity index (χ1n) is 7.57. The summed E-state index contributed by atoms with van der Waals surface area (Å²) in [5.41, 5.74) is 0.297. The molecule has 1 spiro atoms. The van der Waals surface area contributed by atoms with Gasteiger partial charge in [-0.1, -0.05) is 19.3 Å². The molecule has 2 aliphatic carbocycles. The predicted octanol–water partition coefficient (Wildman–Crippen LogP) is 4.52. The Bertz CT molecular complexity index is 262. The molecule has 1 heterocycles. The van der Waals surface area contributed by atoms with Gasteiger partial charge in [-0.2, -0.15) is 0 Å². The SMILES string of the molecule is ClC1CCCCCC1C1CCOC2(CCC2)C1. The van der Waals surface area contributed by atoms with Crippen LogP contribution in [0.25, 0.3) is 0 Å². The average Bonchev–Trinajstić information content (AvgIpc) is 2.52. The van der Waals surface area contributed by atoms with E-state index in [0.29, 0.717) is 11.0 Å². The molecular formula is C15H25ClO. The summed E-state index contributed by atoms with van der Waals surface area (Å²) in [7, 11) is 0.